The van der Waals surface area contributed by atoms with Gasteiger partial charge in [0.25, 0.3) is 10.1 Å². The first-order valence-electron chi connectivity index (χ1n) is 6.20. The van der Waals surface area contributed by atoms with Crippen molar-refractivity contribution in [2.24, 2.45) is 5.16 Å². The van der Waals surface area contributed by atoms with E-state index in [0.29, 0.717) is 0 Å². The third-order valence-corrected chi connectivity index (χ3v) is 3.68. The van der Waals surface area contributed by atoms with E-state index >= 15 is 0 Å². The first-order chi connectivity index (χ1) is 10.3. The van der Waals surface area contributed by atoms with Crippen molar-refractivity contribution in [2.75, 3.05) is 13.2 Å². The largest absolute Gasteiger partial charge is 0.476 e. The first-order valence-corrected chi connectivity index (χ1v) is 7.61. The molecular weight excluding hydrogens is 314 g/mol. The summed E-state index contributed by atoms with van der Waals surface area (Å²) in [5, 5.41) is 11.9. The molecule has 1 aromatic carbocycles. The zero-order valence-corrected chi connectivity index (χ0v) is 12.8. The second-order valence-corrected chi connectivity index (χ2v) is 5.73. The van der Waals surface area contributed by atoms with Gasteiger partial charge in [-0.2, -0.15) is 8.42 Å². The number of carboxylic acids is 1. The van der Waals surface area contributed by atoms with E-state index in [0.717, 1.165) is 5.56 Å². The van der Waals surface area contributed by atoms with Gasteiger partial charge < -0.3 is 9.94 Å². The molecule has 0 aliphatic carbocycles. The van der Waals surface area contributed by atoms with Gasteiger partial charge in [0, 0.05) is 0 Å². The average molecular weight is 329 g/mol. The molecule has 0 aliphatic heterocycles. The highest BCUT2D eigenvalue weighted by molar-refractivity contribution is 7.86. The summed E-state index contributed by atoms with van der Waals surface area (Å²) in [7, 11) is -4.16. The summed E-state index contributed by atoms with van der Waals surface area (Å²) in [6.07, 6.45) is 0. The molecule has 0 saturated heterocycles. The fraction of sp³-hybridized carbons (Fsp3) is 0.308. The Labute approximate surface area is 127 Å². The number of oxime groups is 1. The van der Waals surface area contributed by atoms with Crippen molar-refractivity contribution in [2.45, 2.75) is 18.7 Å². The summed E-state index contributed by atoms with van der Waals surface area (Å²) < 4.78 is 28.3. The van der Waals surface area contributed by atoms with Crippen molar-refractivity contribution >= 4 is 27.6 Å². The van der Waals surface area contributed by atoms with Crippen LogP contribution in [-0.2, 0) is 28.7 Å². The molecule has 0 bridgehead atoms. The van der Waals surface area contributed by atoms with Crippen molar-refractivity contribution in [1.29, 1.82) is 0 Å². The van der Waals surface area contributed by atoms with Gasteiger partial charge in [-0.25, -0.2) is 4.79 Å². The highest BCUT2D eigenvalue weighted by atomic mass is 32.2. The van der Waals surface area contributed by atoms with E-state index in [4.69, 9.17) is 5.11 Å². The topological polar surface area (TPSA) is 119 Å². The summed E-state index contributed by atoms with van der Waals surface area (Å²) in [6, 6.07) is 5.78. The van der Waals surface area contributed by atoms with E-state index < -0.39 is 34.2 Å². The van der Waals surface area contributed by atoms with Crippen molar-refractivity contribution in [1.82, 2.24) is 0 Å². The minimum atomic E-state index is -4.16. The maximum absolute atomic E-state index is 11.9. The van der Waals surface area contributed by atoms with Gasteiger partial charge in [0.1, 0.15) is 13.2 Å². The summed E-state index contributed by atoms with van der Waals surface area (Å²) in [6.45, 7) is 2.41. The maximum Gasteiger partial charge on any atom is 0.361 e. The van der Waals surface area contributed by atoms with Gasteiger partial charge in [-0.1, -0.05) is 22.9 Å². The lowest BCUT2D eigenvalue weighted by atomic mass is 10.2. The predicted molar refractivity (Wildman–Crippen MR) is 76.0 cm³/mol. The lowest BCUT2D eigenvalue weighted by Crippen LogP contribution is -2.29. The van der Waals surface area contributed by atoms with Gasteiger partial charge in [0.05, 0.1) is 4.90 Å². The van der Waals surface area contributed by atoms with E-state index in [1.807, 2.05) is 0 Å². The third-order valence-electron chi connectivity index (χ3n) is 2.41. The molecule has 120 valence electrons. The molecule has 0 unspecified atom stereocenters. The van der Waals surface area contributed by atoms with Crippen molar-refractivity contribution in [3.05, 3.63) is 29.8 Å². The lowest BCUT2D eigenvalue weighted by molar-refractivity contribution is -0.130. The zero-order chi connectivity index (χ0) is 16.8. The number of ketones is 1. The van der Waals surface area contributed by atoms with Crippen LogP contribution in [0.1, 0.15) is 12.5 Å². The van der Waals surface area contributed by atoms with Gasteiger partial charge in [0.15, 0.2) is 0 Å². The number of nitrogens with zero attached hydrogens (tertiary/aromatic N) is 1. The van der Waals surface area contributed by atoms with Crippen LogP contribution in [0.2, 0.25) is 0 Å². The Hall–Kier alpha value is -2.26. The molecule has 1 aromatic rings. The van der Waals surface area contributed by atoms with E-state index in [1.54, 1.807) is 26.0 Å². The van der Waals surface area contributed by atoms with Crippen LogP contribution in [0.15, 0.2) is 34.3 Å². The van der Waals surface area contributed by atoms with Crippen molar-refractivity contribution < 1.29 is 32.1 Å². The Morgan fingerprint density at radius 1 is 1.23 bits per heavy atom. The standard InChI is InChI=1S/C13H15NO7S/c1-3-20-14-12(13(16)17)11(15)8-21-22(18,19)10-6-4-9(2)5-7-10/h4-7H,3,8H2,1-2H3,(H,16,17)/b14-12+. The van der Waals surface area contributed by atoms with Gasteiger partial charge >= 0.3 is 5.97 Å². The van der Waals surface area contributed by atoms with Crippen LogP contribution in [-0.4, -0.2) is 44.2 Å². The lowest BCUT2D eigenvalue weighted by Gasteiger charge is -2.05. The molecule has 8 nitrogen and oxygen atoms in total. The Morgan fingerprint density at radius 2 is 1.82 bits per heavy atom. The summed E-state index contributed by atoms with van der Waals surface area (Å²) in [4.78, 5) is 26.8. The number of aliphatic carboxylic acids is 1. The zero-order valence-electron chi connectivity index (χ0n) is 12.0. The Balaban J connectivity index is 2.81. The minimum Gasteiger partial charge on any atom is -0.476 e. The highest BCUT2D eigenvalue weighted by Crippen LogP contribution is 2.13. The Kier molecular flexibility index (Phi) is 6.20. The van der Waals surface area contributed by atoms with Crippen LogP contribution in [0.25, 0.3) is 0 Å². The molecule has 0 saturated carbocycles. The number of aryl methyl sites for hydroxylation is 1. The maximum atomic E-state index is 11.9. The second kappa shape index (κ2) is 7.66. The van der Waals surface area contributed by atoms with Crippen molar-refractivity contribution in [3.8, 4) is 0 Å². The Morgan fingerprint density at radius 3 is 2.32 bits per heavy atom. The molecule has 0 atom stereocenters. The van der Waals surface area contributed by atoms with E-state index in [2.05, 4.69) is 14.2 Å². The van der Waals surface area contributed by atoms with Crippen LogP contribution in [0.3, 0.4) is 0 Å². The van der Waals surface area contributed by atoms with Crippen LogP contribution in [0.5, 0.6) is 0 Å². The number of carbonyl (C=O) groups is 2. The van der Waals surface area contributed by atoms with Gasteiger partial charge in [0.2, 0.25) is 11.5 Å². The molecule has 0 radical (unpaired) electrons. The monoisotopic (exact) mass is 329 g/mol. The minimum absolute atomic E-state index is 0.0621. The molecule has 1 N–H and O–H groups in total. The number of Topliss-reactive ketones (excluding diaryl/α,β-unsaturated/α-hetero) is 1. The van der Waals surface area contributed by atoms with Gasteiger partial charge in [-0.15, -0.1) is 0 Å². The highest BCUT2D eigenvalue weighted by Gasteiger charge is 2.24. The van der Waals surface area contributed by atoms with E-state index in [-0.39, 0.29) is 11.5 Å². The number of carbonyl (C=O) groups excluding carboxylic acids is 1. The van der Waals surface area contributed by atoms with Gasteiger partial charge in [-0.05, 0) is 26.0 Å². The fourth-order valence-electron chi connectivity index (χ4n) is 1.31. The molecule has 1 rings (SSSR count). The molecule has 0 spiro atoms. The van der Waals surface area contributed by atoms with E-state index in [9.17, 15) is 18.0 Å². The summed E-state index contributed by atoms with van der Waals surface area (Å²) in [5.41, 5.74) is -0.0759. The second-order valence-electron chi connectivity index (χ2n) is 4.12. The Bertz CT molecular complexity index is 677. The van der Waals surface area contributed by atoms with Crippen LogP contribution in [0, 0.1) is 6.92 Å². The number of carboxylic acid groups (broad SMARTS) is 1. The summed E-state index contributed by atoms with van der Waals surface area (Å²) in [5.74, 6) is -2.74. The number of rotatable bonds is 8. The molecule has 0 heterocycles. The molecule has 9 heteroatoms. The quantitative estimate of drug-likeness (QED) is 0.323. The predicted octanol–water partition coefficient (Wildman–Crippen LogP) is 0.747. The molecule has 22 heavy (non-hydrogen) atoms. The van der Waals surface area contributed by atoms with Crippen LogP contribution in [0.4, 0.5) is 0 Å². The SMILES string of the molecule is CCO/N=C(/C(=O)O)C(=O)COS(=O)(=O)c1ccc(C)cc1. The van der Waals surface area contributed by atoms with Crippen LogP contribution < -0.4 is 0 Å². The molecule has 0 amide bonds. The molecular formula is C13H15NO7S. The molecule has 0 aliphatic rings. The normalized spacial score (nSPS) is 12.0. The first kappa shape index (κ1) is 17.8. The fourth-order valence-corrected chi connectivity index (χ4v) is 2.18. The molecule has 0 aromatic heterocycles. The average Bonchev–Trinajstić information content (AvgIpc) is 2.45. The summed E-state index contributed by atoms with van der Waals surface area (Å²) >= 11 is 0. The van der Waals surface area contributed by atoms with Gasteiger partial charge in [-0.3, -0.25) is 8.98 Å². The van der Waals surface area contributed by atoms with Crippen LogP contribution >= 0.6 is 0 Å². The van der Waals surface area contributed by atoms with Crippen molar-refractivity contribution in [3.63, 3.8) is 0 Å². The van der Waals surface area contributed by atoms with E-state index in [1.165, 1.54) is 12.1 Å². The number of hydrogen-bond donors (Lipinski definition) is 1. The third kappa shape index (κ3) is 4.93. The number of benzene rings is 1. The smallest absolute Gasteiger partial charge is 0.361 e. The molecule has 0 fully saturated rings. The number of hydrogen-bond acceptors (Lipinski definition) is 7.